The molecule has 0 aliphatic carbocycles. The van der Waals surface area contributed by atoms with Gasteiger partial charge in [0.15, 0.2) is 9.84 Å². The van der Waals surface area contributed by atoms with Gasteiger partial charge in [-0.05, 0) is 48.7 Å². The van der Waals surface area contributed by atoms with Crippen molar-refractivity contribution < 1.29 is 8.42 Å². The van der Waals surface area contributed by atoms with Crippen LogP contribution in [0.1, 0.15) is 16.7 Å². The number of aryl methyl sites for hydroxylation is 2. The van der Waals surface area contributed by atoms with Crippen LogP contribution < -0.4 is 5.73 Å². The summed E-state index contributed by atoms with van der Waals surface area (Å²) >= 11 is 5.97. The van der Waals surface area contributed by atoms with E-state index in [4.69, 9.17) is 17.3 Å². The maximum Gasteiger partial charge on any atom is 0.184 e. The van der Waals surface area contributed by atoms with Crippen LogP contribution in [0, 0.1) is 13.8 Å². The third-order valence-corrected chi connectivity index (χ3v) is 5.38. The molecule has 0 amide bonds. The number of hydrogen-bond donors (Lipinski definition) is 1. The maximum absolute atomic E-state index is 12.4. The summed E-state index contributed by atoms with van der Waals surface area (Å²) in [6.07, 6.45) is 0. The summed E-state index contributed by atoms with van der Waals surface area (Å²) in [5.41, 5.74) is 8.96. The molecule has 0 aliphatic rings. The highest BCUT2D eigenvalue weighted by molar-refractivity contribution is 7.90. The third kappa shape index (κ3) is 3.14. The first-order valence-corrected chi connectivity index (χ1v) is 8.16. The van der Waals surface area contributed by atoms with E-state index in [-0.39, 0.29) is 15.7 Å². The van der Waals surface area contributed by atoms with Crippen molar-refractivity contribution in [2.45, 2.75) is 24.5 Å². The fraction of sp³-hybridized carbons (Fsp3) is 0.200. The summed E-state index contributed by atoms with van der Waals surface area (Å²) in [7, 11) is -3.51. The fourth-order valence-corrected chi connectivity index (χ4v) is 3.87. The minimum absolute atomic E-state index is 0.0809. The van der Waals surface area contributed by atoms with Crippen LogP contribution in [0.5, 0.6) is 0 Å². The highest BCUT2D eigenvalue weighted by Gasteiger charge is 2.19. The van der Waals surface area contributed by atoms with Crippen molar-refractivity contribution >= 4 is 27.1 Å². The average molecular weight is 310 g/mol. The first-order valence-electron chi connectivity index (χ1n) is 6.13. The van der Waals surface area contributed by atoms with Crippen molar-refractivity contribution in [2.24, 2.45) is 0 Å². The lowest BCUT2D eigenvalue weighted by Gasteiger charge is -2.09. The molecule has 0 spiro atoms. The first-order chi connectivity index (χ1) is 9.29. The number of hydrogen-bond acceptors (Lipinski definition) is 3. The molecule has 0 saturated carbocycles. The number of nitrogens with two attached hydrogens (primary N) is 1. The normalized spacial score (nSPS) is 11.6. The summed E-state index contributed by atoms with van der Waals surface area (Å²) in [6, 6.07) is 10.1. The number of halogens is 1. The Balaban J connectivity index is 2.40. The Labute approximate surface area is 124 Å². The van der Waals surface area contributed by atoms with Crippen molar-refractivity contribution in [3.63, 3.8) is 0 Å². The second-order valence-electron chi connectivity index (χ2n) is 4.87. The van der Waals surface area contributed by atoms with Crippen molar-refractivity contribution in [2.75, 3.05) is 5.73 Å². The van der Waals surface area contributed by atoms with Crippen LogP contribution in [0.3, 0.4) is 0 Å². The van der Waals surface area contributed by atoms with Crippen molar-refractivity contribution in [3.8, 4) is 0 Å². The van der Waals surface area contributed by atoms with Crippen LogP contribution in [0.15, 0.2) is 41.3 Å². The molecular formula is C15H16ClNO2S. The molecule has 2 N–H and O–H groups in total. The van der Waals surface area contributed by atoms with Gasteiger partial charge >= 0.3 is 0 Å². The molecule has 0 saturated heterocycles. The Bertz CT molecular complexity index is 754. The van der Waals surface area contributed by atoms with Crippen LogP contribution in [0.25, 0.3) is 0 Å². The molecule has 2 aromatic rings. The standard InChI is InChI=1S/C15H16ClNO2S/c1-10-3-4-12(7-11(10)2)9-20(18,19)15-8-13(17)5-6-14(15)16/h3-8H,9,17H2,1-2H3. The molecule has 106 valence electrons. The monoisotopic (exact) mass is 309 g/mol. The van der Waals surface area contributed by atoms with Gasteiger partial charge < -0.3 is 5.73 Å². The average Bonchev–Trinajstić information content (AvgIpc) is 2.36. The van der Waals surface area contributed by atoms with E-state index >= 15 is 0 Å². The molecule has 0 heterocycles. The molecule has 2 aromatic carbocycles. The lowest BCUT2D eigenvalue weighted by Crippen LogP contribution is -2.06. The lowest BCUT2D eigenvalue weighted by atomic mass is 10.1. The minimum Gasteiger partial charge on any atom is -0.399 e. The molecule has 5 heteroatoms. The summed E-state index contributed by atoms with van der Waals surface area (Å²) in [5.74, 6) is -0.0860. The van der Waals surface area contributed by atoms with E-state index in [1.54, 1.807) is 6.07 Å². The number of anilines is 1. The zero-order valence-electron chi connectivity index (χ0n) is 11.4. The van der Waals surface area contributed by atoms with Gasteiger partial charge in [0.2, 0.25) is 0 Å². The molecule has 0 radical (unpaired) electrons. The Morgan fingerprint density at radius 3 is 2.40 bits per heavy atom. The summed E-state index contributed by atoms with van der Waals surface area (Å²) in [4.78, 5) is 0.0809. The van der Waals surface area contributed by atoms with Crippen LogP contribution in [-0.4, -0.2) is 8.42 Å². The Morgan fingerprint density at radius 2 is 1.75 bits per heavy atom. The minimum atomic E-state index is -3.51. The van der Waals surface area contributed by atoms with Crippen molar-refractivity contribution in [1.29, 1.82) is 0 Å². The van der Waals surface area contributed by atoms with E-state index in [0.717, 1.165) is 16.7 Å². The van der Waals surface area contributed by atoms with Gasteiger partial charge in [-0.15, -0.1) is 0 Å². The second-order valence-corrected chi connectivity index (χ2v) is 7.23. The number of nitrogen functional groups attached to an aromatic ring is 1. The van der Waals surface area contributed by atoms with Gasteiger partial charge in [0.1, 0.15) is 0 Å². The Morgan fingerprint density at radius 1 is 1.05 bits per heavy atom. The van der Waals surface area contributed by atoms with Gasteiger partial charge in [0, 0.05) is 5.69 Å². The van der Waals surface area contributed by atoms with Crippen LogP contribution in [0.2, 0.25) is 5.02 Å². The largest absolute Gasteiger partial charge is 0.399 e. The van der Waals surface area contributed by atoms with Gasteiger partial charge in [0.25, 0.3) is 0 Å². The van der Waals surface area contributed by atoms with Gasteiger partial charge in [0.05, 0.1) is 15.7 Å². The van der Waals surface area contributed by atoms with E-state index in [2.05, 4.69) is 0 Å². The number of sulfone groups is 1. The number of benzene rings is 2. The SMILES string of the molecule is Cc1ccc(CS(=O)(=O)c2cc(N)ccc2Cl)cc1C. The molecule has 0 fully saturated rings. The quantitative estimate of drug-likeness (QED) is 0.883. The molecule has 20 heavy (non-hydrogen) atoms. The predicted octanol–water partition coefficient (Wildman–Crippen LogP) is 3.51. The van der Waals surface area contributed by atoms with E-state index in [1.807, 2.05) is 32.0 Å². The second kappa shape index (κ2) is 5.46. The summed E-state index contributed by atoms with van der Waals surface area (Å²) in [5, 5.41) is 0.197. The molecule has 0 bridgehead atoms. The van der Waals surface area contributed by atoms with Crippen LogP contribution in [-0.2, 0) is 15.6 Å². The first kappa shape index (κ1) is 14.9. The zero-order chi connectivity index (χ0) is 14.9. The van der Waals surface area contributed by atoms with E-state index in [9.17, 15) is 8.42 Å². The molecule has 0 aliphatic heterocycles. The van der Waals surface area contributed by atoms with Crippen LogP contribution >= 0.6 is 11.6 Å². The zero-order valence-corrected chi connectivity index (χ0v) is 12.9. The Kier molecular flexibility index (Phi) is 4.06. The van der Waals surface area contributed by atoms with Gasteiger partial charge in [-0.3, -0.25) is 0 Å². The molecular weight excluding hydrogens is 294 g/mol. The predicted molar refractivity (Wildman–Crippen MR) is 82.7 cm³/mol. The van der Waals surface area contributed by atoms with E-state index < -0.39 is 9.84 Å². The molecule has 0 unspecified atom stereocenters. The van der Waals surface area contributed by atoms with E-state index in [0.29, 0.717) is 5.69 Å². The van der Waals surface area contributed by atoms with Crippen molar-refractivity contribution in [1.82, 2.24) is 0 Å². The molecule has 0 atom stereocenters. The topological polar surface area (TPSA) is 60.2 Å². The number of rotatable bonds is 3. The summed E-state index contributed by atoms with van der Waals surface area (Å²) in [6.45, 7) is 3.95. The highest BCUT2D eigenvalue weighted by Crippen LogP contribution is 2.27. The smallest absolute Gasteiger partial charge is 0.184 e. The molecule has 2 rings (SSSR count). The maximum atomic E-state index is 12.4. The molecule has 0 aromatic heterocycles. The lowest BCUT2D eigenvalue weighted by molar-refractivity contribution is 0.595. The van der Waals surface area contributed by atoms with Gasteiger partial charge in [-0.2, -0.15) is 0 Å². The highest BCUT2D eigenvalue weighted by atomic mass is 35.5. The van der Waals surface area contributed by atoms with Gasteiger partial charge in [-0.1, -0.05) is 29.8 Å². The molecule has 3 nitrogen and oxygen atoms in total. The van der Waals surface area contributed by atoms with Gasteiger partial charge in [-0.25, -0.2) is 8.42 Å². The van der Waals surface area contributed by atoms with Crippen LogP contribution in [0.4, 0.5) is 5.69 Å². The fourth-order valence-electron chi connectivity index (χ4n) is 1.95. The Hall–Kier alpha value is -1.52. The van der Waals surface area contributed by atoms with Crippen molar-refractivity contribution in [3.05, 3.63) is 58.1 Å². The van der Waals surface area contributed by atoms with E-state index in [1.165, 1.54) is 12.1 Å². The summed E-state index contributed by atoms with van der Waals surface area (Å²) < 4.78 is 24.9. The third-order valence-electron chi connectivity index (χ3n) is 3.22.